The third kappa shape index (κ3) is 4.82. The Bertz CT molecular complexity index is 570. The average molecular weight is 328 g/mol. The van der Waals surface area contributed by atoms with Crippen molar-refractivity contribution < 1.29 is 19.1 Å². The molecule has 0 aromatic carbocycles. The molecule has 2 rings (SSSR count). The number of esters is 2. The molecule has 4 atom stereocenters. The fourth-order valence-electron chi connectivity index (χ4n) is 3.47. The maximum Gasteiger partial charge on any atom is 0.331 e. The van der Waals surface area contributed by atoms with Gasteiger partial charge in [-0.05, 0) is 36.5 Å². The van der Waals surface area contributed by atoms with Crippen molar-refractivity contribution in [1.82, 2.24) is 0 Å². The Morgan fingerprint density at radius 2 is 1.79 bits per heavy atom. The normalized spacial score (nSPS) is 28.2. The molecule has 0 aromatic heterocycles. The Morgan fingerprint density at radius 1 is 1.08 bits per heavy atom. The second kappa shape index (κ2) is 9.06. The van der Waals surface area contributed by atoms with Crippen LogP contribution in [0.4, 0.5) is 0 Å². The van der Waals surface area contributed by atoms with Gasteiger partial charge in [-0.1, -0.05) is 43.0 Å². The predicted octanol–water partition coefficient (Wildman–Crippen LogP) is 3.39. The summed E-state index contributed by atoms with van der Waals surface area (Å²) in [5.41, 5.74) is 0. The Balaban J connectivity index is 1.72. The van der Waals surface area contributed by atoms with Gasteiger partial charge >= 0.3 is 11.9 Å². The van der Waals surface area contributed by atoms with Gasteiger partial charge in [-0.3, -0.25) is 0 Å². The SMILES string of the molecule is C=CCOC(=O)C=CC(=O)OCC=CC1CC(C=C)C2CC=CC12. The lowest BCUT2D eigenvalue weighted by Gasteiger charge is -2.15. The highest BCUT2D eigenvalue weighted by atomic mass is 16.5. The van der Waals surface area contributed by atoms with Gasteiger partial charge in [-0.15, -0.1) is 6.58 Å². The molecule has 1 fully saturated rings. The molecule has 0 spiro atoms. The molecule has 24 heavy (non-hydrogen) atoms. The molecule has 128 valence electrons. The number of allylic oxidation sites excluding steroid dienone is 4. The van der Waals surface area contributed by atoms with Crippen LogP contribution in [0.25, 0.3) is 0 Å². The molecule has 0 amide bonds. The number of hydrogen-bond donors (Lipinski definition) is 0. The van der Waals surface area contributed by atoms with Gasteiger partial charge in [0.15, 0.2) is 0 Å². The minimum atomic E-state index is -0.595. The molecule has 0 saturated heterocycles. The monoisotopic (exact) mass is 328 g/mol. The summed E-state index contributed by atoms with van der Waals surface area (Å²) in [5, 5.41) is 0. The molecule has 4 unspecified atom stereocenters. The van der Waals surface area contributed by atoms with Crippen LogP contribution < -0.4 is 0 Å². The van der Waals surface area contributed by atoms with Crippen LogP contribution in [0.5, 0.6) is 0 Å². The summed E-state index contributed by atoms with van der Waals surface area (Å²) >= 11 is 0. The van der Waals surface area contributed by atoms with Gasteiger partial charge in [-0.25, -0.2) is 9.59 Å². The lowest BCUT2D eigenvalue weighted by Crippen LogP contribution is -2.09. The summed E-state index contributed by atoms with van der Waals surface area (Å²) in [6.07, 6.45) is 16.4. The van der Waals surface area contributed by atoms with E-state index >= 15 is 0 Å². The molecular formula is C20H24O4. The fourth-order valence-corrected chi connectivity index (χ4v) is 3.47. The van der Waals surface area contributed by atoms with Crippen LogP contribution in [-0.4, -0.2) is 25.2 Å². The highest BCUT2D eigenvalue weighted by Crippen LogP contribution is 2.48. The smallest absolute Gasteiger partial charge is 0.331 e. The minimum Gasteiger partial charge on any atom is -0.458 e. The van der Waals surface area contributed by atoms with Crippen LogP contribution in [0.15, 0.2) is 61.8 Å². The molecule has 2 aliphatic rings. The minimum absolute atomic E-state index is 0.116. The topological polar surface area (TPSA) is 52.6 Å². The molecule has 0 bridgehead atoms. The molecule has 0 heterocycles. The van der Waals surface area contributed by atoms with E-state index < -0.39 is 11.9 Å². The number of carbonyl (C=O) groups excluding carboxylic acids is 2. The van der Waals surface area contributed by atoms with Gasteiger partial charge in [0.05, 0.1) is 0 Å². The van der Waals surface area contributed by atoms with Crippen LogP contribution in [0, 0.1) is 23.7 Å². The number of ether oxygens (including phenoxy) is 2. The van der Waals surface area contributed by atoms with Crippen molar-refractivity contribution >= 4 is 11.9 Å². The van der Waals surface area contributed by atoms with E-state index in [1.54, 1.807) is 0 Å². The summed E-state index contributed by atoms with van der Waals surface area (Å²) in [6, 6.07) is 0. The van der Waals surface area contributed by atoms with Crippen LogP contribution in [0.2, 0.25) is 0 Å². The average Bonchev–Trinajstić information content (AvgIpc) is 3.18. The quantitative estimate of drug-likeness (QED) is 0.389. The summed E-state index contributed by atoms with van der Waals surface area (Å²) in [6.45, 7) is 7.68. The van der Waals surface area contributed by atoms with E-state index in [-0.39, 0.29) is 13.2 Å². The van der Waals surface area contributed by atoms with Crippen molar-refractivity contribution in [2.24, 2.45) is 23.7 Å². The number of rotatable bonds is 8. The second-order valence-corrected chi connectivity index (χ2v) is 6.01. The molecule has 0 aromatic rings. The molecule has 4 heteroatoms. The van der Waals surface area contributed by atoms with Gasteiger partial charge in [0, 0.05) is 12.2 Å². The summed E-state index contributed by atoms with van der Waals surface area (Å²) in [5.74, 6) is 1.11. The first-order chi connectivity index (χ1) is 11.7. The van der Waals surface area contributed by atoms with E-state index in [4.69, 9.17) is 9.47 Å². The molecule has 4 nitrogen and oxygen atoms in total. The Morgan fingerprint density at radius 3 is 2.46 bits per heavy atom. The van der Waals surface area contributed by atoms with Crippen molar-refractivity contribution in [3.05, 3.63) is 61.8 Å². The second-order valence-electron chi connectivity index (χ2n) is 6.01. The summed E-state index contributed by atoms with van der Waals surface area (Å²) in [4.78, 5) is 22.7. The van der Waals surface area contributed by atoms with Crippen molar-refractivity contribution in [2.75, 3.05) is 13.2 Å². The zero-order chi connectivity index (χ0) is 17.4. The van der Waals surface area contributed by atoms with E-state index in [0.29, 0.717) is 23.7 Å². The van der Waals surface area contributed by atoms with E-state index in [0.717, 1.165) is 25.0 Å². The first kappa shape index (κ1) is 18.0. The van der Waals surface area contributed by atoms with Crippen molar-refractivity contribution in [1.29, 1.82) is 0 Å². The van der Waals surface area contributed by atoms with Crippen molar-refractivity contribution in [3.63, 3.8) is 0 Å². The van der Waals surface area contributed by atoms with E-state index in [1.807, 2.05) is 6.08 Å². The van der Waals surface area contributed by atoms with Gasteiger partial charge in [0.2, 0.25) is 0 Å². The Hall–Kier alpha value is -2.36. The molecule has 1 saturated carbocycles. The first-order valence-corrected chi connectivity index (χ1v) is 8.24. The number of hydrogen-bond acceptors (Lipinski definition) is 4. The third-order valence-corrected chi connectivity index (χ3v) is 4.56. The lowest BCUT2D eigenvalue weighted by molar-refractivity contribution is -0.139. The van der Waals surface area contributed by atoms with Gasteiger partial charge in [0.25, 0.3) is 0 Å². The Kier molecular flexibility index (Phi) is 6.79. The lowest BCUT2D eigenvalue weighted by atomic mass is 9.90. The molecule has 0 radical (unpaired) electrons. The molecule has 0 N–H and O–H groups in total. The van der Waals surface area contributed by atoms with Crippen LogP contribution in [0.1, 0.15) is 12.8 Å². The van der Waals surface area contributed by atoms with Gasteiger partial charge in [0.1, 0.15) is 13.2 Å². The maximum absolute atomic E-state index is 11.5. The predicted molar refractivity (Wildman–Crippen MR) is 92.9 cm³/mol. The summed E-state index contributed by atoms with van der Waals surface area (Å²) in [7, 11) is 0. The maximum atomic E-state index is 11.5. The van der Waals surface area contributed by atoms with Crippen LogP contribution >= 0.6 is 0 Å². The molecular weight excluding hydrogens is 304 g/mol. The highest BCUT2D eigenvalue weighted by molar-refractivity contribution is 5.91. The third-order valence-electron chi connectivity index (χ3n) is 4.56. The van der Waals surface area contributed by atoms with Crippen molar-refractivity contribution in [3.8, 4) is 0 Å². The van der Waals surface area contributed by atoms with E-state index in [2.05, 4.69) is 37.5 Å². The van der Waals surface area contributed by atoms with Crippen molar-refractivity contribution in [2.45, 2.75) is 12.8 Å². The largest absolute Gasteiger partial charge is 0.458 e. The number of carbonyl (C=O) groups is 2. The van der Waals surface area contributed by atoms with E-state index in [1.165, 1.54) is 6.08 Å². The van der Waals surface area contributed by atoms with Gasteiger partial charge in [-0.2, -0.15) is 0 Å². The first-order valence-electron chi connectivity index (χ1n) is 8.24. The highest BCUT2D eigenvalue weighted by Gasteiger charge is 2.40. The zero-order valence-electron chi connectivity index (χ0n) is 13.8. The molecule has 0 aliphatic heterocycles. The molecule has 2 aliphatic carbocycles. The Labute approximate surface area is 143 Å². The fraction of sp³-hybridized carbons (Fsp3) is 0.400. The van der Waals surface area contributed by atoms with Crippen LogP contribution in [0.3, 0.4) is 0 Å². The zero-order valence-corrected chi connectivity index (χ0v) is 13.8. The van der Waals surface area contributed by atoms with Crippen LogP contribution in [-0.2, 0) is 19.1 Å². The standard InChI is InChI=1S/C20H24O4/c1-3-12-23-19(21)10-11-20(22)24-13-6-7-16-14-15(4-2)17-8-5-9-18(16)17/h3-7,9-11,15-18H,1-2,8,12-14H2. The summed E-state index contributed by atoms with van der Waals surface area (Å²) < 4.78 is 9.76. The number of fused-ring (bicyclic) bond motifs is 1. The van der Waals surface area contributed by atoms with Gasteiger partial charge < -0.3 is 9.47 Å². The van der Waals surface area contributed by atoms with E-state index in [9.17, 15) is 9.59 Å².